The predicted octanol–water partition coefficient (Wildman–Crippen LogP) is 4.28. The van der Waals surface area contributed by atoms with Crippen LogP contribution >= 0.6 is 0 Å². The summed E-state index contributed by atoms with van der Waals surface area (Å²) in [5, 5.41) is 10.0. The zero-order chi connectivity index (χ0) is 21.0. The van der Waals surface area contributed by atoms with Gasteiger partial charge in [-0.25, -0.2) is 0 Å². The van der Waals surface area contributed by atoms with Gasteiger partial charge in [0.2, 0.25) is 0 Å². The van der Waals surface area contributed by atoms with Crippen LogP contribution in [0.15, 0.2) is 66.7 Å². The van der Waals surface area contributed by atoms with Crippen LogP contribution in [0.4, 0.5) is 0 Å². The summed E-state index contributed by atoms with van der Waals surface area (Å²) in [6, 6.07) is 17.9. The lowest BCUT2D eigenvalue weighted by Gasteiger charge is -2.10. The van der Waals surface area contributed by atoms with Gasteiger partial charge in [-0.05, 0) is 42.5 Å². The molecule has 2 aromatic rings. The van der Waals surface area contributed by atoms with Crippen molar-refractivity contribution in [3.63, 3.8) is 0 Å². The van der Waals surface area contributed by atoms with Crippen LogP contribution in [-0.2, 0) is 27.4 Å². The van der Waals surface area contributed by atoms with Crippen LogP contribution in [0.1, 0.15) is 30.4 Å². The first-order valence-corrected chi connectivity index (χ1v) is 10.6. The highest BCUT2D eigenvalue weighted by Gasteiger charge is 2.37. The van der Waals surface area contributed by atoms with Gasteiger partial charge in [-0.2, -0.15) is 0 Å². The SMILES string of the molecule is COc1ccc(COC[C@@H]2O[C@H]2C/C=C/CC[C@@H](O)COCc2ccccc2)cc1. The van der Waals surface area contributed by atoms with Gasteiger partial charge in [0.25, 0.3) is 0 Å². The Hall–Kier alpha value is -2.18. The van der Waals surface area contributed by atoms with E-state index in [1.807, 2.05) is 54.6 Å². The molecule has 5 nitrogen and oxygen atoms in total. The number of epoxide rings is 1. The van der Waals surface area contributed by atoms with E-state index in [0.717, 1.165) is 29.7 Å². The summed E-state index contributed by atoms with van der Waals surface area (Å²) in [5.74, 6) is 0.850. The van der Waals surface area contributed by atoms with Gasteiger partial charge in [0.15, 0.2) is 0 Å². The molecule has 1 N–H and O–H groups in total. The van der Waals surface area contributed by atoms with Crippen LogP contribution in [0.25, 0.3) is 0 Å². The summed E-state index contributed by atoms with van der Waals surface area (Å²) in [5.41, 5.74) is 2.25. The Kier molecular flexibility index (Phi) is 9.38. The van der Waals surface area contributed by atoms with Crippen LogP contribution in [0.5, 0.6) is 5.75 Å². The van der Waals surface area contributed by atoms with E-state index < -0.39 is 6.10 Å². The number of aliphatic hydroxyl groups is 1. The van der Waals surface area contributed by atoms with Gasteiger partial charge >= 0.3 is 0 Å². The zero-order valence-electron chi connectivity index (χ0n) is 17.6. The fourth-order valence-electron chi connectivity index (χ4n) is 3.15. The normalized spacial score (nSPS) is 19.1. The molecule has 30 heavy (non-hydrogen) atoms. The van der Waals surface area contributed by atoms with Crippen LogP contribution in [0.2, 0.25) is 0 Å². The molecule has 0 amide bonds. The van der Waals surface area contributed by atoms with E-state index in [1.165, 1.54) is 0 Å². The maximum absolute atomic E-state index is 10.0. The molecule has 0 bridgehead atoms. The average Bonchev–Trinajstić information content (AvgIpc) is 3.53. The van der Waals surface area contributed by atoms with Gasteiger partial charge in [-0.15, -0.1) is 0 Å². The van der Waals surface area contributed by atoms with Crippen molar-refractivity contribution in [2.45, 2.75) is 50.8 Å². The monoisotopic (exact) mass is 412 g/mol. The van der Waals surface area contributed by atoms with E-state index >= 15 is 0 Å². The first kappa shape index (κ1) is 22.5. The molecule has 1 fully saturated rings. The Morgan fingerprint density at radius 1 is 0.933 bits per heavy atom. The molecule has 5 heteroatoms. The zero-order valence-corrected chi connectivity index (χ0v) is 17.6. The van der Waals surface area contributed by atoms with Crippen molar-refractivity contribution in [2.24, 2.45) is 0 Å². The number of benzene rings is 2. The fraction of sp³-hybridized carbons (Fsp3) is 0.440. The molecule has 162 valence electrons. The highest BCUT2D eigenvalue weighted by atomic mass is 16.6. The van der Waals surface area contributed by atoms with Crippen molar-refractivity contribution in [2.75, 3.05) is 20.3 Å². The molecule has 3 rings (SSSR count). The lowest BCUT2D eigenvalue weighted by molar-refractivity contribution is 0.0250. The van der Waals surface area contributed by atoms with Gasteiger partial charge in [0.05, 0.1) is 45.7 Å². The largest absolute Gasteiger partial charge is 0.497 e. The van der Waals surface area contributed by atoms with Crippen LogP contribution < -0.4 is 4.74 Å². The molecule has 1 heterocycles. The fourth-order valence-corrected chi connectivity index (χ4v) is 3.15. The molecule has 0 aliphatic carbocycles. The Morgan fingerprint density at radius 3 is 2.43 bits per heavy atom. The summed E-state index contributed by atoms with van der Waals surface area (Å²) in [6.07, 6.45) is 6.66. The molecule has 1 aliphatic heterocycles. The summed E-state index contributed by atoms with van der Waals surface area (Å²) < 4.78 is 22.1. The molecule has 0 saturated carbocycles. The minimum atomic E-state index is -0.436. The van der Waals surface area contributed by atoms with E-state index in [1.54, 1.807) is 7.11 Å². The second-order valence-electron chi connectivity index (χ2n) is 7.52. The lowest BCUT2D eigenvalue weighted by atomic mass is 10.1. The third-order valence-corrected chi connectivity index (χ3v) is 5.02. The van der Waals surface area contributed by atoms with Crippen molar-refractivity contribution in [1.82, 2.24) is 0 Å². The van der Waals surface area contributed by atoms with E-state index in [9.17, 15) is 5.11 Å². The van der Waals surface area contributed by atoms with Crippen molar-refractivity contribution >= 4 is 0 Å². The van der Waals surface area contributed by atoms with Crippen molar-refractivity contribution in [3.8, 4) is 5.75 Å². The van der Waals surface area contributed by atoms with Gasteiger partial charge in [-0.3, -0.25) is 0 Å². The maximum Gasteiger partial charge on any atom is 0.118 e. The smallest absolute Gasteiger partial charge is 0.118 e. The van der Waals surface area contributed by atoms with Crippen molar-refractivity contribution in [3.05, 3.63) is 77.9 Å². The summed E-state index contributed by atoms with van der Waals surface area (Å²) in [7, 11) is 1.66. The molecule has 2 aromatic carbocycles. The number of hydrogen-bond acceptors (Lipinski definition) is 5. The molecule has 1 saturated heterocycles. The van der Waals surface area contributed by atoms with Gasteiger partial charge < -0.3 is 24.1 Å². The summed E-state index contributed by atoms with van der Waals surface area (Å²) >= 11 is 0. The highest BCUT2D eigenvalue weighted by Crippen LogP contribution is 2.26. The molecule has 0 radical (unpaired) electrons. The molecule has 0 spiro atoms. The van der Waals surface area contributed by atoms with Gasteiger partial charge in [-0.1, -0.05) is 54.6 Å². The number of allylic oxidation sites excluding steroid dienone is 1. The first-order valence-electron chi connectivity index (χ1n) is 10.6. The van der Waals surface area contributed by atoms with Crippen molar-refractivity contribution < 1.29 is 24.1 Å². The Bertz CT molecular complexity index is 744. The molecule has 0 aromatic heterocycles. The van der Waals surface area contributed by atoms with Gasteiger partial charge in [0.1, 0.15) is 11.9 Å². The Balaban J connectivity index is 1.18. The number of hydrogen-bond donors (Lipinski definition) is 1. The highest BCUT2D eigenvalue weighted by molar-refractivity contribution is 5.26. The lowest BCUT2D eigenvalue weighted by Crippen LogP contribution is -2.14. The molecular weight excluding hydrogens is 380 g/mol. The summed E-state index contributed by atoms with van der Waals surface area (Å²) in [6.45, 7) is 2.09. The number of methoxy groups -OCH3 is 1. The summed E-state index contributed by atoms with van der Waals surface area (Å²) in [4.78, 5) is 0. The molecular formula is C25H32O5. The van der Waals surface area contributed by atoms with Crippen LogP contribution in [-0.4, -0.2) is 43.7 Å². The molecule has 0 unspecified atom stereocenters. The van der Waals surface area contributed by atoms with E-state index in [2.05, 4.69) is 12.2 Å². The minimum absolute atomic E-state index is 0.185. The third-order valence-electron chi connectivity index (χ3n) is 5.02. The Labute approximate surface area is 179 Å². The molecule has 3 atom stereocenters. The van der Waals surface area contributed by atoms with E-state index in [4.69, 9.17) is 18.9 Å². The average molecular weight is 413 g/mol. The van der Waals surface area contributed by atoms with Crippen LogP contribution in [0, 0.1) is 0 Å². The molecule has 1 aliphatic rings. The predicted molar refractivity (Wildman–Crippen MR) is 116 cm³/mol. The standard InChI is InChI=1S/C25H32O5/c1-27-23-14-12-21(13-15-23)17-29-19-25-24(30-25)11-7-3-6-10-22(26)18-28-16-20-8-4-2-5-9-20/h2-5,7-9,12-15,22,24-26H,6,10-11,16-19H2,1H3/b7-3+/t22-,24+,25+/m1/s1. The Morgan fingerprint density at radius 2 is 1.67 bits per heavy atom. The van der Waals surface area contributed by atoms with E-state index in [-0.39, 0.29) is 12.2 Å². The van der Waals surface area contributed by atoms with Gasteiger partial charge in [0, 0.05) is 0 Å². The van der Waals surface area contributed by atoms with E-state index in [0.29, 0.717) is 32.8 Å². The topological polar surface area (TPSA) is 60.5 Å². The third kappa shape index (κ3) is 8.28. The number of ether oxygens (including phenoxy) is 4. The second kappa shape index (κ2) is 12.5. The minimum Gasteiger partial charge on any atom is -0.497 e. The number of aliphatic hydroxyl groups excluding tert-OH is 1. The second-order valence-corrected chi connectivity index (χ2v) is 7.52. The quantitative estimate of drug-likeness (QED) is 0.371. The first-order chi connectivity index (χ1) is 14.7. The maximum atomic E-state index is 10.0. The number of rotatable bonds is 14. The van der Waals surface area contributed by atoms with Crippen molar-refractivity contribution in [1.29, 1.82) is 0 Å². The van der Waals surface area contributed by atoms with Crippen LogP contribution in [0.3, 0.4) is 0 Å².